The summed E-state index contributed by atoms with van der Waals surface area (Å²) in [6, 6.07) is 9.89. The van der Waals surface area contributed by atoms with E-state index in [1.165, 1.54) is 24.3 Å². The number of anilines is 1. The van der Waals surface area contributed by atoms with Gasteiger partial charge in [0.15, 0.2) is 0 Å². The maximum absolute atomic E-state index is 13.4. The maximum Gasteiger partial charge on any atom is 0.258 e. The quantitative estimate of drug-likeness (QED) is 0.817. The van der Waals surface area contributed by atoms with Gasteiger partial charge in [-0.15, -0.1) is 0 Å². The first kappa shape index (κ1) is 12.4. The van der Waals surface area contributed by atoms with E-state index >= 15 is 0 Å². The molecule has 0 aromatic heterocycles. The molecule has 0 fully saturated rings. The van der Waals surface area contributed by atoms with Crippen molar-refractivity contribution in [2.75, 3.05) is 5.32 Å². The van der Waals surface area contributed by atoms with Crippen LogP contribution in [0.5, 0.6) is 5.75 Å². The van der Waals surface area contributed by atoms with Crippen molar-refractivity contribution in [1.82, 2.24) is 0 Å². The van der Waals surface area contributed by atoms with Crippen LogP contribution in [0, 0.1) is 5.82 Å². The van der Waals surface area contributed by atoms with E-state index in [9.17, 15) is 14.3 Å². The summed E-state index contributed by atoms with van der Waals surface area (Å²) >= 11 is 5.70. The second-order valence-corrected chi connectivity index (χ2v) is 4.03. The van der Waals surface area contributed by atoms with Gasteiger partial charge in [-0.05, 0) is 30.3 Å². The first-order valence-electron chi connectivity index (χ1n) is 5.12. The topological polar surface area (TPSA) is 49.3 Å². The first-order valence-corrected chi connectivity index (χ1v) is 5.50. The van der Waals surface area contributed by atoms with Crippen LogP contribution in [0.3, 0.4) is 0 Å². The van der Waals surface area contributed by atoms with Gasteiger partial charge in [-0.1, -0.05) is 23.7 Å². The van der Waals surface area contributed by atoms with E-state index in [0.29, 0.717) is 0 Å². The van der Waals surface area contributed by atoms with Crippen LogP contribution in [-0.4, -0.2) is 11.0 Å². The fraction of sp³-hybridized carbons (Fsp3) is 0. The third kappa shape index (κ3) is 2.60. The Kier molecular flexibility index (Phi) is 3.48. The molecule has 0 aliphatic heterocycles. The van der Waals surface area contributed by atoms with Crippen LogP contribution < -0.4 is 5.32 Å². The van der Waals surface area contributed by atoms with Crippen molar-refractivity contribution in [2.45, 2.75) is 0 Å². The van der Waals surface area contributed by atoms with Gasteiger partial charge in [0.2, 0.25) is 0 Å². The Morgan fingerprint density at radius 2 is 1.94 bits per heavy atom. The number of carbonyl (C=O) groups excluding carboxylic acids is 1. The Morgan fingerprint density at radius 3 is 2.67 bits per heavy atom. The number of halogens is 2. The maximum atomic E-state index is 13.4. The lowest BCUT2D eigenvalue weighted by Gasteiger charge is -2.07. The summed E-state index contributed by atoms with van der Waals surface area (Å²) in [4.78, 5) is 11.8. The van der Waals surface area contributed by atoms with Crippen LogP contribution in [-0.2, 0) is 0 Å². The number of hydrogen-bond donors (Lipinski definition) is 2. The lowest BCUT2D eigenvalue weighted by atomic mass is 10.2. The second-order valence-electron chi connectivity index (χ2n) is 3.60. The molecule has 0 saturated heterocycles. The summed E-state index contributed by atoms with van der Waals surface area (Å²) in [7, 11) is 0. The summed E-state index contributed by atoms with van der Waals surface area (Å²) in [6.45, 7) is 0. The second kappa shape index (κ2) is 5.06. The molecule has 0 saturated carbocycles. The molecule has 0 unspecified atom stereocenters. The van der Waals surface area contributed by atoms with Gasteiger partial charge in [0.25, 0.3) is 5.91 Å². The Balaban J connectivity index is 2.28. The van der Waals surface area contributed by atoms with Crippen LogP contribution in [0.25, 0.3) is 0 Å². The minimum absolute atomic E-state index is 0.0895. The summed E-state index contributed by atoms with van der Waals surface area (Å²) in [5, 5.41) is 12.2. The predicted octanol–water partition coefficient (Wildman–Crippen LogP) is 3.44. The summed E-state index contributed by atoms with van der Waals surface area (Å²) in [5.41, 5.74) is 0.0348. The average Bonchev–Trinajstić information content (AvgIpc) is 2.35. The van der Waals surface area contributed by atoms with E-state index in [0.717, 1.165) is 6.07 Å². The van der Waals surface area contributed by atoms with Crippen LogP contribution in [0.1, 0.15) is 10.4 Å². The smallest absolute Gasteiger partial charge is 0.258 e. The van der Waals surface area contributed by atoms with Crippen LogP contribution in [0.4, 0.5) is 10.1 Å². The Hall–Kier alpha value is -2.07. The molecule has 0 atom stereocenters. The molecule has 0 aliphatic rings. The van der Waals surface area contributed by atoms with Gasteiger partial charge in [-0.3, -0.25) is 4.79 Å². The van der Waals surface area contributed by atoms with E-state index in [2.05, 4.69) is 5.32 Å². The van der Waals surface area contributed by atoms with Crippen molar-refractivity contribution < 1.29 is 14.3 Å². The number of carbonyl (C=O) groups is 1. The standard InChI is InChI=1S/C13H9ClFNO2/c14-8-5-6-10(15)9(7-8)13(18)16-11-3-1-2-4-12(11)17/h1-7,17H,(H,16,18). The summed E-state index contributed by atoms with van der Waals surface area (Å²) in [6.07, 6.45) is 0. The highest BCUT2D eigenvalue weighted by Crippen LogP contribution is 2.23. The Bertz CT molecular complexity index is 601. The number of phenols is 1. The molecule has 2 aromatic rings. The SMILES string of the molecule is O=C(Nc1ccccc1O)c1cc(Cl)ccc1F. The van der Waals surface area contributed by atoms with Crippen molar-refractivity contribution >= 4 is 23.2 Å². The fourth-order valence-corrected chi connectivity index (χ4v) is 1.61. The van der Waals surface area contributed by atoms with Gasteiger partial charge < -0.3 is 10.4 Å². The van der Waals surface area contributed by atoms with Crippen molar-refractivity contribution in [2.24, 2.45) is 0 Å². The monoisotopic (exact) mass is 265 g/mol. The molecule has 0 heterocycles. The third-order valence-electron chi connectivity index (χ3n) is 2.33. The van der Waals surface area contributed by atoms with Crippen LogP contribution in [0.15, 0.2) is 42.5 Å². The average molecular weight is 266 g/mol. The molecule has 1 amide bonds. The molecule has 0 aliphatic carbocycles. The van der Waals surface area contributed by atoms with Crippen LogP contribution >= 0.6 is 11.6 Å². The third-order valence-corrected chi connectivity index (χ3v) is 2.56. The molecule has 0 spiro atoms. The van der Waals surface area contributed by atoms with E-state index in [-0.39, 0.29) is 22.0 Å². The number of aromatic hydroxyl groups is 1. The molecular weight excluding hydrogens is 257 g/mol. The van der Waals surface area contributed by atoms with Crippen molar-refractivity contribution in [3.8, 4) is 5.75 Å². The van der Waals surface area contributed by atoms with E-state index in [1.54, 1.807) is 12.1 Å². The van der Waals surface area contributed by atoms with Gasteiger partial charge in [-0.2, -0.15) is 0 Å². The minimum atomic E-state index is -0.674. The first-order chi connectivity index (χ1) is 8.58. The molecule has 2 rings (SSSR count). The highest BCUT2D eigenvalue weighted by atomic mass is 35.5. The van der Waals surface area contributed by atoms with Gasteiger partial charge in [-0.25, -0.2) is 4.39 Å². The number of rotatable bonds is 2. The zero-order valence-corrected chi connectivity index (χ0v) is 9.91. The van der Waals surface area contributed by atoms with Gasteiger partial charge in [0.05, 0.1) is 11.3 Å². The lowest BCUT2D eigenvalue weighted by molar-refractivity contribution is 0.102. The molecule has 2 aromatic carbocycles. The molecule has 0 radical (unpaired) electrons. The van der Waals surface area contributed by atoms with Crippen LogP contribution in [0.2, 0.25) is 5.02 Å². The minimum Gasteiger partial charge on any atom is -0.506 e. The number of benzene rings is 2. The van der Waals surface area contributed by atoms with E-state index in [1.807, 2.05) is 0 Å². The number of nitrogens with one attached hydrogen (secondary N) is 1. The molecule has 2 N–H and O–H groups in total. The zero-order valence-electron chi connectivity index (χ0n) is 9.15. The number of hydrogen-bond acceptors (Lipinski definition) is 2. The fourth-order valence-electron chi connectivity index (χ4n) is 1.44. The Labute approximate surface area is 108 Å². The van der Waals surface area contributed by atoms with Crippen molar-refractivity contribution in [3.05, 3.63) is 58.9 Å². The van der Waals surface area contributed by atoms with Gasteiger partial charge in [0, 0.05) is 5.02 Å². The Morgan fingerprint density at radius 1 is 1.22 bits per heavy atom. The normalized spacial score (nSPS) is 10.1. The molecule has 3 nitrogen and oxygen atoms in total. The molecule has 18 heavy (non-hydrogen) atoms. The van der Waals surface area contributed by atoms with Crippen molar-refractivity contribution in [3.63, 3.8) is 0 Å². The number of phenolic OH excluding ortho intramolecular Hbond substituents is 1. The lowest BCUT2D eigenvalue weighted by Crippen LogP contribution is -2.13. The highest BCUT2D eigenvalue weighted by molar-refractivity contribution is 6.31. The largest absolute Gasteiger partial charge is 0.506 e. The van der Waals surface area contributed by atoms with Gasteiger partial charge >= 0.3 is 0 Å². The number of amides is 1. The van der Waals surface area contributed by atoms with Gasteiger partial charge in [0.1, 0.15) is 11.6 Å². The summed E-state index contributed by atoms with van der Waals surface area (Å²) in [5.74, 6) is -1.43. The molecule has 92 valence electrons. The zero-order chi connectivity index (χ0) is 13.1. The van der Waals surface area contributed by atoms with Crippen molar-refractivity contribution in [1.29, 1.82) is 0 Å². The van der Waals surface area contributed by atoms with E-state index < -0.39 is 11.7 Å². The molecule has 0 bridgehead atoms. The molecular formula is C13H9ClFNO2. The highest BCUT2D eigenvalue weighted by Gasteiger charge is 2.13. The number of para-hydroxylation sites is 2. The predicted molar refractivity (Wildman–Crippen MR) is 67.5 cm³/mol. The van der Waals surface area contributed by atoms with E-state index in [4.69, 9.17) is 11.6 Å². The molecule has 5 heteroatoms. The summed E-state index contributed by atoms with van der Waals surface area (Å²) < 4.78 is 13.4.